The molecule has 17 heavy (non-hydrogen) atoms. The smallest absolute Gasteiger partial charge is 0.355 e. The molecule has 0 bridgehead atoms. The highest BCUT2D eigenvalue weighted by molar-refractivity contribution is 5.79. The molecule has 1 fully saturated rings. The summed E-state index contributed by atoms with van der Waals surface area (Å²) < 4.78 is 0. The fourth-order valence-electron chi connectivity index (χ4n) is 2.11. The van der Waals surface area contributed by atoms with Gasteiger partial charge < -0.3 is 5.32 Å². The standard InChI is InChI=1S/C12H15NO.CO2/c1-8-3-4-11(9(2)5-8)10-6-12(14)13-7-10;2-1-3/h3-5,10H,6-7H2,1-2H3,(H,13,14);/t10-;/m0./s1. The number of hydrogen-bond donors (Lipinski definition) is 1. The minimum atomic E-state index is 0.176. The number of hydrogen-bond acceptors (Lipinski definition) is 3. The molecule has 90 valence electrons. The molecule has 1 aromatic carbocycles. The van der Waals surface area contributed by atoms with Crippen LogP contribution in [0.4, 0.5) is 0 Å². The lowest BCUT2D eigenvalue weighted by Gasteiger charge is -2.11. The molecule has 1 atom stereocenters. The number of benzene rings is 1. The third-order valence-electron chi connectivity index (χ3n) is 2.84. The second-order valence-electron chi connectivity index (χ2n) is 4.15. The van der Waals surface area contributed by atoms with Crippen molar-refractivity contribution in [2.45, 2.75) is 26.2 Å². The van der Waals surface area contributed by atoms with Gasteiger partial charge in [0.15, 0.2) is 0 Å². The molecule has 1 aliphatic heterocycles. The molecule has 2 rings (SSSR count). The maximum Gasteiger partial charge on any atom is 0.373 e. The van der Waals surface area contributed by atoms with E-state index >= 15 is 0 Å². The Morgan fingerprint density at radius 3 is 2.41 bits per heavy atom. The van der Waals surface area contributed by atoms with Crippen LogP contribution in [-0.2, 0) is 14.4 Å². The van der Waals surface area contributed by atoms with Crippen LogP contribution in [0, 0.1) is 13.8 Å². The average molecular weight is 233 g/mol. The van der Waals surface area contributed by atoms with Crippen molar-refractivity contribution in [3.05, 3.63) is 34.9 Å². The van der Waals surface area contributed by atoms with Gasteiger partial charge in [0, 0.05) is 18.9 Å². The first kappa shape index (κ1) is 13.1. The molecule has 0 radical (unpaired) electrons. The SMILES string of the molecule is Cc1ccc([C@@H]2CNC(=O)C2)c(C)c1.O=C=O. The lowest BCUT2D eigenvalue weighted by Crippen LogP contribution is -2.13. The zero-order valence-electron chi connectivity index (χ0n) is 9.95. The van der Waals surface area contributed by atoms with E-state index in [1.165, 1.54) is 16.7 Å². The van der Waals surface area contributed by atoms with Gasteiger partial charge in [-0.25, -0.2) is 0 Å². The molecule has 4 heteroatoms. The molecule has 0 aliphatic carbocycles. The summed E-state index contributed by atoms with van der Waals surface area (Å²) >= 11 is 0. The average Bonchev–Trinajstić information content (AvgIpc) is 2.66. The summed E-state index contributed by atoms with van der Waals surface area (Å²) in [6.45, 7) is 5.00. The molecule has 0 unspecified atom stereocenters. The number of amides is 1. The van der Waals surface area contributed by atoms with Gasteiger partial charge in [-0.15, -0.1) is 0 Å². The normalized spacial score (nSPS) is 17.8. The van der Waals surface area contributed by atoms with Crippen molar-refractivity contribution in [2.75, 3.05) is 6.54 Å². The molecule has 0 spiro atoms. The Kier molecular flexibility index (Phi) is 4.61. The van der Waals surface area contributed by atoms with Gasteiger partial charge in [0.05, 0.1) is 0 Å². The molecule has 1 aromatic rings. The molecule has 0 aromatic heterocycles. The molecule has 0 saturated carbocycles. The van der Waals surface area contributed by atoms with E-state index < -0.39 is 0 Å². The van der Waals surface area contributed by atoms with E-state index in [0.717, 1.165) is 6.54 Å². The minimum absolute atomic E-state index is 0.176. The molecule has 4 nitrogen and oxygen atoms in total. The van der Waals surface area contributed by atoms with Crippen LogP contribution in [0.1, 0.15) is 29.0 Å². The third-order valence-corrected chi connectivity index (χ3v) is 2.84. The number of carbonyl (C=O) groups is 1. The predicted molar refractivity (Wildman–Crippen MR) is 61.3 cm³/mol. The van der Waals surface area contributed by atoms with E-state index in [9.17, 15) is 4.79 Å². The second-order valence-corrected chi connectivity index (χ2v) is 4.15. The molecule has 1 N–H and O–H groups in total. The zero-order chi connectivity index (χ0) is 12.8. The zero-order valence-corrected chi connectivity index (χ0v) is 9.95. The number of carbonyl (C=O) groups excluding carboxylic acids is 3. The van der Waals surface area contributed by atoms with Gasteiger partial charge >= 0.3 is 6.15 Å². The van der Waals surface area contributed by atoms with E-state index in [1.807, 2.05) is 0 Å². The number of nitrogens with one attached hydrogen (secondary N) is 1. The van der Waals surface area contributed by atoms with Crippen molar-refractivity contribution < 1.29 is 14.4 Å². The number of rotatable bonds is 1. The Morgan fingerprint density at radius 2 is 1.94 bits per heavy atom. The van der Waals surface area contributed by atoms with Crippen LogP contribution >= 0.6 is 0 Å². The summed E-state index contributed by atoms with van der Waals surface area (Å²) in [5.41, 5.74) is 3.89. The summed E-state index contributed by atoms with van der Waals surface area (Å²) in [7, 11) is 0. The molecule has 1 heterocycles. The van der Waals surface area contributed by atoms with Gasteiger partial charge in [-0.05, 0) is 25.0 Å². The van der Waals surface area contributed by atoms with Gasteiger partial charge in [-0.3, -0.25) is 4.79 Å². The van der Waals surface area contributed by atoms with Gasteiger partial charge in [0.1, 0.15) is 0 Å². The summed E-state index contributed by atoms with van der Waals surface area (Å²) in [6, 6.07) is 6.44. The van der Waals surface area contributed by atoms with Crippen LogP contribution in [0.15, 0.2) is 18.2 Å². The van der Waals surface area contributed by atoms with E-state index in [0.29, 0.717) is 12.3 Å². The Morgan fingerprint density at radius 1 is 1.29 bits per heavy atom. The summed E-state index contributed by atoms with van der Waals surface area (Å²) in [4.78, 5) is 27.3. The highest BCUT2D eigenvalue weighted by Crippen LogP contribution is 2.26. The van der Waals surface area contributed by atoms with Crippen molar-refractivity contribution in [3.8, 4) is 0 Å². The fraction of sp³-hybridized carbons (Fsp3) is 0.385. The van der Waals surface area contributed by atoms with E-state index in [4.69, 9.17) is 9.59 Å². The molecule has 1 amide bonds. The first-order valence-corrected chi connectivity index (χ1v) is 5.41. The van der Waals surface area contributed by atoms with Crippen LogP contribution in [0.3, 0.4) is 0 Å². The Balaban J connectivity index is 0.000000437. The minimum Gasteiger partial charge on any atom is -0.355 e. The molecule has 1 saturated heterocycles. The van der Waals surface area contributed by atoms with E-state index in [1.54, 1.807) is 0 Å². The van der Waals surface area contributed by atoms with Gasteiger partial charge in [-0.2, -0.15) is 9.59 Å². The van der Waals surface area contributed by atoms with E-state index in [2.05, 4.69) is 37.4 Å². The van der Waals surface area contributed by atoms with Crippen molar-refractivity contribution in [1.82, 2.24) is 5.32 Å². The second kappa shape index (κ2) is 5.97. The highest BCUT2D eigenvalue weighted by Gasteiger charge is 2.23. The Hall–Kier alpha value is -1.93. The predicted octanol–water partition coefficient (Wildman–Crippen LogP) is 1.32. The topological polar surface area (TPSA) is 63.2 Å². The maximum atomic E-state index is 11.1. The fourth-order valence-corrected chi connectivity index (χ4v) is 2.11. The van der Waals surface area contributed by atoms with Crippen LogP contribution in [-0.4, -0.2) is 18.6 Å². The lowest BCUT2D eigenvalue weighted by molar-refractivity contribution is -0.191. The summed E-state index contributed by atoms with van der Waals surface area (Å²) in [5, 5.41) is 2.87. The van der Waals surface area contributed by atoms with Gasteiger partial charge in [0.2, 0.25) is 5.91 Å². The van der Waals surface area contributed by atoms with E-state index in [-0.39, 0.29) is 12.1 Å². The third kappa shape index (κ3) is 3.54. The Bertz CT molecular complexity index is 448. The Labute approximate surface area is 100 Å². The van der Waals surface area contributed by atoms with Crippen LogP contribution in [0.5, 0.6) is 0 Å². The van der Waals surface area contributed by atoms with Crippen molar-refractivity contribution in [2.24, 2.45) is 0 Å². The largest absolute Gasteiger partial charge is 0.373 e. The molecular formula is C13H15NO3. The first-order valence-electron chi connectivity index (χ1n) is 5.41. The molecular weight excluding hydrogens is 218 g/mol. The first-order chi connectivity index (χ1) is 8.08. The van der Waals surface area contributed by atoms with Crippen LogP contribution < -0.4 is 5.32 Å². The van der Waals surface area contributed by atoms with Crippen LogP contribution in [0.2, 0.25) is 0 Å². The van der Waals surface area contributed by atoms with Crippen molar-refractivity contribution in [1.29, 1.82) is 0 Å². The summed E-state index contributed by atoms with van der Waals surface area (Å²) in [6.07, 6.45) is 0.893. The van der Waals surface area contributed by atoms with Crippen molar-refractivity contribution >= 4 is 12.1 Å². The molecule has 1 aliphatic rings. The van der Waals surface area contributed by atoms with Gasteiger partial charge in [-0.1, -0.05) is 23.8 Å². The lowest BCUT2D eigenvalue weighted by atomic mass is 9.93. The van der Waals surface area contributed by atoms with Gasteiger partial charge in [0.25, 0.3) is 0 Å². The summed E-state index contributed by atoms with van der Waals surface area (Å²) in [5.74, 6) is 0.554. The quantitative estimate of drug-likeness (QED) is 0.795. The monoisotopic (exact) mass is 233 g/mol. The van der Waals surface area contributed by atoms with Crippen LogP contribution in [0.25, 0.3) is 0 Å². The highest BCUT2D eigenvalue weighted by atomic mass is 16.2. The number of aryl methyl sites for hydroxylation is 2. The maximum absolute atomic E-state index is 11.1. The van der Waals surface area contributed by atoms with Crippen molar-refractivity contribution in [3.63, 3.8) is 0 Å².